The van der Waals surface area contributed by atoms with Gasteiger partial charge in [-0.1, -0.05) is 28.1 Å². The van der Waals surface area contributed by atoms with Crippen molar-refractivity contribution in [1.29, 1.82) is 5.26 Å². The molecule has 21 heavy (non-hydrogen) atoms. The number of aromatic amines is 1. The van der Waals surface area contributed by atoms with Crippen LogP contribution in [-0.4, -0.2) is 34.1 Å². The summed E-state index contributed by atoms with van der Waals surface area (Å²) in [6.07, 6.45) is 0.746. The SMILES string of the molecule is N#CC1CCN(C(=O)c2cc(-c3ccc(Br)cc3)n[nH]2)C1. The fraction of sp³-hybridized carbons (Fsp3) is 0.267. The first-order valence-electron chi connectivity index (χ1n) is 6.67. The van der Waals surface area contributed by atoms with Gasteiger partial charge in [-0.3, -0.25) is 9.89 Å². The molecule has 0 spiro atoms. The van der Waals surface area contributed by atoms with Crippen LogP contribution in [0.1, 0.15) is 16.9 Å². The number of nitrogens with zero attached hydrogens (tertiary/aromatic N) is 3. The minimum absolute atomic E-state index is 0.0529. The van der Waals surface area contributed by atoms with Gasteiger partial charge >= 0.3 is 0 Å². The molecule has 1 atom stereocenters. The Labute approximate surface area is 130 Å². The lowest BCUT2D eigenvalue weighted by Gasteiger charge is -2.13. The van der Waals surface area contributed by atoms with Crippen LogP contribution in [0.3, 0.4) is 0 Å². The zero-order valence-electron chi connectivity index (χ0n) is 11.2. The average molecular weight is 345 g/mol. The number of hydrogen-bond acceptors (Lipinski definition) is 3. The second kappa shape index (κ2) is 5.70. The maximum atomic E-state index is 12.3. The van der Waals surface area contributed by atoms with E-state index in [4.69, 9.17) is 5.26 Å². The van der Waals surface area contributed by atoms with Crippen molar-refractivity contribution in [2.45, 2.75) is 6.42 Å². The maximum Gasteiger partial charge on any atom is 0.271 e. The van der Waals surface area contributed by atoms with Crippen LogP contribution in [0.4, 0.5) is 0 Å². The van der Waals surface area contributed by atoms with E-state index in [1.54, 1.807) is 11.0 Å². The quantitative estimate of drug-likeness (QED) is 0.910. The number of carbonyl (C=O) groups excluding carboxylic acids is 1. The van der Waals surface area contributed by atoms with Crippen molar-refractivity contribution in [3.05, 3.63) is 40.5 Å². The highest BCUT2D eigenvalue weighted by atomic mass is 79.9. The third kappa shape index (κ3) is 2.83. The standard InChI is InChI=1S/C15H13BrN4O/c16-12-3-1-11(2-4-12)13-7-14(19-18-13)15(21)20-6-5-10(8-17)9-20/h1-4,7,10H,5-6,9H2,(H,18,19). The van der Waals surface area contributed by atoms with E-state index in [-0.39, 0.29) is 11.8 Å². The molecule has 1 fully saturated rings. The number of H-pyrrole nitrogens is 1. The topological polar surface area (TPSA) is 72.8 Å². The lowest BCUT2D eigenvalue weighted by molar-refractivity contribution is 0.0784. The molecule has 1 amide bonds. The Morgan fingerprint density at radius 3 is 2.86 bits per heavy atom. The summed E-state index contributed by atoms with van der Waals surface area (Å²) in [5.41, 5.74) is 2.15. The molecule has 0 radical (unpaired) electrons. The first kappa shape index (κ1) is 13.8. The normalized spacial score (nSPS) is 17.7. The van der Waals surface area contributed by atoms with Crippen molar-refractivity contribution >= 4 is 21.8 Å². The number of nitrogens with one attached hydrogen (secondary N) is 1. The number of likely N-dealkylation sites (tertiary alicyclic amines) is 1. The predicted molar refractivity (Wildman–Crippen MR) is 81.3 cm³/mol. The molecule has 1 aromatic heterocycles. The molecule has 3 rings (SSSR count). The third-order valence-electron chi connectivity index (χ3n) is 3.61. The fourth-order valence-corrected chi connectivity index (χ4v) is 2.68. The lowest BCUT2D eigenvalue weighted by atomic mass is 10.1. The molecule has 0 saturated carbocycles. The maximum absolute atomic E-state index is 12.3. The second-order valence-electron chi connectivity index (χ2n) is 5.04. The van der Waals surface area contributed by atoms with Crippen LogP contribution in [-0.2, 0) is 0 Å². The van der Waals surface area contributed by atoms with Crippen LogP contribution in [0.15, 0.2) is 34.8 Å². The molecule has 106 valence electrons. The minimum atomic E-state index is -0.0939. The summed E-state index contributed by atoms with van der Waals surface area (Å²) in [6, 6.07) is 11.7. The van der Waals surface area contributed by atoms with Crippen LogP contribution in [0.25, 0.3) is 11.3 Å². The number of halogens is 1. The molecule has 5 nitrogen and oxygen atoms in total. The first-order chi connectivity index (χ1) is 10.2. The van der Waals surface area contributed by atoms with Gasteiger partial charge in [-0.15, -0.1) is 0 Å². The Morgan fingerprint density at radius 2 is 2.19 bits per heavy atom. The Morgan fingerprint density at radius 1 is 1.43 bits per heavy atom. The molecule has 1 aliphatic heterocycles. The predicted octanol–water partition coefficient (Wildman–Crippen LogP) is 2.82. The van der Waals surface area contributed by atoms with Crippen LogP contribution in [0.2, 0.25) is 0 Å². The Hall–Kier alpha value is -2.13. The molecule has 1 N–H and O–H groups in total. The van der Waals surface area contributed by atoms with Crippen molar-refractivity contribution < 1.29 is 4.79 Å². The summed E-state index contributed by atoms with van der Waals surface area (Å²) >= 11 is 3.39. The highest BCUT2D eigenvalue weighted by molar-refractivity contribution is 9.10. The third-order valence-corrected chi connectivity index (χ3v) is 4.13. The summed E-state index contributed by atoms with van der Waals surface area (Å²) in [4.78, 5) is 14.0. The molecule has 1 aromatic carbocycles. The molecular weight excluding hydrogens is 332 g/mol. The highest BCUT2D eigenvalue weighted by Gasteiger charge is 2.27. The zero-order valence-corrected chi connectivity index (χ0v) is 12.8. The van der Waals surface area contributed by atoms with Gasteiger partial charge in [0.05, 0.1) is 17.7 Å². The Kier molecular flexibility index (Phi) is 3.76. The zero-order chi connectivity index (χ0) is 14.8. The van der Waals surface area contributed by atoms with Gasteiger partial charge in [0.1, 0.15) is 5.69 Å². The van der Waals surface area contributed by atoms with Crippen molar-refractivity contribution in [3.63, 3.8) is 0 Å². The van der Waals surface area contributed by atoms with Gasteiger partial charge in [0.15, 0.2) is 0 Å². The van der Waals surface area contributed by atoms with Crippen molar-refractivity contribution in [1.82, 2.24) is 15.1 Å². The summed E-state index contributed by atoms with van der Waals surface area (Å²) in [6.45, 7) is 1.13. The first-order valence-corrected chi connectivity index (χ1v) is 7.47. The van der Waals surface area contributed by atoms with E-state index in [9.17, 15) is 4.79 Å². The lowest BCUT2D eigenvalue weighted by Crippen LogP contribution is -2.28. The van der Waals surface area contributed by atoms with Gasteiger partial charge in [0, 0.05) is 23.1 Å². The number of rotatable bonds is 2. The fourth-order valence-electron chi connectivity index (χ4n) is 2.42. The number of amides is 1. The van der Waals surface area contributed by atoms with Gasteiger partial charge in [-0.2, -0.15) is 10.4 Å². The van der Waals surface area contributed by atoms with Gasteiger partial charge in [0.2, 0.25) is 0 Å². The molecule has 6 heteroatoms. The summed E-state index contributed by atoms with van der Waals surface area (Å²) in [5.74, 6) is -0.147. The number of benzene rings is 1. The molecule has 0 aliphatic carbocycles. The molecule has 2 heterocycles. The van der Waals surface area contributed by atoms with Gasteiger partial charge in [-0.25, -0.2) is 0 Å². The number of aromatic nitrogens is 2. The number of hydrogen-bond donors (Lipinski definition) is 1. The largest absolute Gasteiger partial charge is 0.336 e. The monoisotopic (exact) mass is 344 g/mol. The summed E-state index contributed by atoms with van der Waals surface area (Å²) in [7, 11) is 0. The number of nitriles is 1. The smallest absolute Gasteiger partial charge is 0.271 e. The van der Waals surface area contributed by atoms with Gasteiger partial charge < -0.3 is 4.90 Å². The molecule has 2 aromatic rings. The van der Waals surface area contributed by atoms with Crippen LogP contribution in [0.5, 0.6) is 0 Å². The van der Waals surface area contributed by atoms with Crippen LogP contribution >= 0.6 is 15.9 Å². The van der Waals surface area contributed by atoms with E-state index >= 15 is 0 Å². The van der Waals surface area contributed by atoms with Gasteiger partial charge in [0.25, 0.3) is 5.91 Å². The highest BCUT2D eigenvalue weighted by Crippen LogP contribution is 2.22. The van der Waals surface area contributed by atoms with Crippen LogP contribution < -0.4 is 0 Å². The van der Waals surface area contributed by atoms with Crippen molar-refractivity contribution in [3.8, 4) is 17.3 Å². The Bertz CT molecular complexity index is 701. The van der Waals surface area contributed by atoms with E-state index in [1.807, 2.05) is 24.3 Å². The summed E-state index contributed by atoms with van der Waals surface area (Å²) in [5, 5.41) is 15.9. The number of carbonyl (C=O) groups is 1. The van der Waals surface area contributed by atoms with Crippen LogP contribution in [0, 0.1) is 17.2 Å². The van der Waals surface area contributed by atoms with Crippen molar-refractivity contribution in [2.24, 2.45) is 5.92 Å². The van der Waals surface area contributed by atoms with Crippen molar-refractivity contribution in [2.75, 3.05) is 13.1 Å². The Balaban J connectivity index is 1.77. The van der Waals surface area contributed by atoms with Gasteiger partial charge in [-0.05, 0) is 24.6 Å². The molecule has 0 bridgehead atoms. The van der Waals surface area contributed by atoms with E-state index in [0.717, 1.165) is 22.2 Å². The molecular formula is C15H13BrN4O. The second-order valence-corrected chi connectivity index (χ2v) is 5.96. The van der Waals surface area contributed by atoms with E-state index in [1.165, 1.54) is 0 Å². The van der Waals surface area contributed by atoms with E-state index in [0.29, 0.717) is 18.8 Å². The molecule has 1 saturated heterocycles. The average Bonchev–Trinajstić information content (AvgIpc) is 3.16. The summed E-state index contributed by atoms with van der Waals surface area (Å²) < 4.78 is 0.998. The van der Waals surface area contributed by atoms with E-state index in [2.05, 4.69) is 32.2 Å². The van der Waals surface area contributed by atoms with E-state index < -0.39 is 0 Å². The molecule has 1 unspecified atom stereocenters. The molecule has 1 aliphatic rings. The minimum Gasteiger partial charge on any atom is -0.336 e.